The van der Waals surface area contributed by atoms with Crippen molar-refractivity contribution in [1.29, 1.82) is 0 Å². The number of nitrogens with two attached hydrogens (primary N) is 1. The molecule has 1 fully saturated rings. The lowest BCUT2D eigenvalue weighted by atomic mass is 9.89. The number of hydrogen-bond acceptors (Lipinski definition) is 8. The van der Waals surface area contributed by atoms with Crippen molar-refractivity contribution in [2.45, 2.75) is 43.2 Å². The van der Waals surface area contributed by atoms with Crippen LogP contribution in [0, 0.1) is 5.82 Å². The van der Waals surface area contributed by atoms with Gasteiger partial charge in [-0.15, -0.1) is 0 Å². The van der Waals surface area contributed by atoms with Gasteiger partial charge in [0.05, 0.1) is 41.9 Å². The molecular weight excluding hydrogens is 560 g/mol. The summed E-state index contributed by atoms with van der Waals surface area (Å²) in [6.07, 6.45) is -3.72. The number of nitrogens with zero attached hydrogens (tertiary/aromatic N) is 1. The Morgan fingerprint density at radius 1 is 1.17 bits per heavy atom. The highest BCUT2D eigenvalue weighted by Crippen LogP contribution is 2.45. The van der Waals surface area contributed by atoms with Crippen LogP contribution in [0.3, 0.4) is 0 Å². The van der Waals surface area contributed by atoms with E-state index >= 15 is 0 Å². The molecule has 1 aliphatic heterocycles. The Balaban J connectivity index is 1.48. The second kappa shape index (κ2) is 11.0. The van der Waals surface area contributed by atoms with Crippen molar-refractivity contribution in [3.63, 3.8) is 0 Å². The summed E-state index contributed by atoms with van der Waals surface area (Å²) in [5.41, 5.74) is 1.84. The van der Waals surface area contributed by atoms with E-state index in [-0.39, 0.29) is 54.2 Å². The number of fused-ring (bicyclic) bond motifs is 1. The molecule has 2 aliphatic rings. The molecule has 1 saturated carbocycles. The smallest absolute Gasteiger partial charge is 0.424 e. The number of nitrogens with one attached hydrogen (secondary N) is 2. The van der Waals surface area contributed by atoms with Crippen molar-refractivity contribution in [2.75, 3.05) is 31.6 Å². The Kier molecular flexibility index (Phi) is 7.77. The minimum Gasteiger partial charge on any atom is -0.487 e. The zero-order valence-electron chi connectivity index (χ0n) is 22.6. The number of hydrogen-bond donors (Lipinski definition) is 5. The van der Waals surface area contributed by atoms with Gasteiger partial charge in [-0.25, -0.2) is 9.37 Å². The summed E-state index contributed by atoms with van der Waals surface area (Å²) >= 11 is 0. The maximum atomic E-state index is 14.6. The van der Waals surface area contributed by atoms with Gasteiger partial charge < -0.3 is 36.1 Å². The van der Waals surface area contributed by atoms with E-state index in [1.165, 1.54) is 30.3 Å². The van der Waals surface area contributed by atoms with Crippen LogP contribution in [-0.2, 0) is 11.1 Å². The Hall–Kier alpha value is -3.94. The maximum Gasteiger partial charge on any atom is 0.424 e. The van der Waals surface area contributed by atoms with Gasteiger partial charge in [-0.2, -0.15) is 13.2 Å². The van der Waals surface area contributed by atoms with Crippen molar-refractivity contribution >= 4 is 11.6 Å². The van der Waals surface area contributed by atoms with Gasteiger partial charge in [-0.05, 0) is 68.3 Å². The molecule has 1 aromatic heterocycles. The van der Waals surface area contributed by atoms with Crippen LogP contribution in [-0.4, -0.2) is 59.7 Å². The Bertz CT molecular complexity index is 1480. The molecule has 2 atom stereocenters. The number of halogens is 4. The second-order valence-electron chi connectivity index (χ2n) is 10.6. The average Bonchev–Trinajstić information content (AvgIpc) is 3.71. The number of aromatic nitrogens is 1. The van der Waals surface area contributed by atoms with E-state index in [1.54, 1.807) is 6.92 Å². The first kappa shape index (κ1) is 29.5. The molecule has 6 N–H and O–H groups in total. The van der Waals surface area contributed by atoms with Gasteiger partial charge in [-0.3, -0.25) is 4.79 Å². The fourth-order valence-corrected chi connectivity index (χ4v) is 4.60. The predicted octanol–water partition coefficient (Wildman–Crippen LogP) is 3.58. The number of aliphatic hydroxyl groups is 2. The van der Waals surface area contributed by atoms with E-state index in [9.17, 15) is 27.5 Å². The normalized spacial score (nSPS) is 19.4. The summed E-state index contributed by atoms with van der Waals surface area (Å²) in [7, 11) is 0. The molecule has 0 unspecified atom stereocenters. The topological polar surface area (TPSA) is 139 Å². The number of amides is 1. The van der Waals surface area contributed by atoms with Crippen molar-refractivity contribution in [3.05, 3.63) is 71.2 Å². The number of pyridine rings is 1. The number of rotatable bonds is 10. The van der Waals surface area contributed by atoms with Gasteiger partial charge in [0, 0.05) is 23.2 Å². The van der Waals surface area contributed by atoms with Crippen molar-refractivity contribution in [1.82, 2.24) is 10.3 Å². The van der Waals surface area contributed by atoms with Gasteiger partial charge in [-0.1, -0.05) is 0 Å². The molecule has 42 heavy (non-hydrogen) atoms. The molecule has 9 nitrogen and oxygen atoms in total. The zero-order valence-corrected chi connectivity index (χ0v) is 22.6. The minimum atomic E-state index is -5.26. The zero-order chi connectivity index (χ0) is 30.3. The molecule has 2 heterocycles. The summed E-state index contributed by atoms with van der Waals surface area (Å²) in [5, 5.41) is 25.4. The minimum absolute atomic E-state index is 0.0176. The van der Waals surface area contributed by atoms with Crippen LogP contribution in [0.5, 0.6) is 11.5 Å². The molecule has 0 spiro atoms. The summed E-state index contributed by atoms with van der Waals surface area (Å²) in [6, 6.07) is 10.2. The lowest BCUT2D eigenvalue weighted by Crippen LogP contribution is -2.51. The third-order valence-corrected chi connectivity index (χ3v) is 7.16. The first-order valence-corrected chi connectivity index (χ1v) is 13.3. The standard InChI is InChI=1S/C29H30F4N4O5/c1-27(34)14-35-25-20(27)13-23(37-24(25)16-2-5-18(30)6-3-16)28(40,29(31,32)33)15-36-26(39)17-4-9-21(41-11-10-38)22(12-17)42-19-7-8-19/h2-6,9,12-13,19,35,38,40H,7-8,10-11,14-15,34H2,1H3,(H,36,39)/t27-,28-/m1/s1. The van der Waals surface area contributed by atoms with Crippen LogP contribution >= 0.6 is 0 Å². The van der Waals surface area contributed by atoms with E-state index < -0.39 is 41.3 Å². The summed E-state index contributed by atoms with van der Waals surface area (Å²) < 4.78 is 68.5. The van der Waals surface area contributed by atoms with Crippen LogP contribution in [0.25, 0.3) is 11.3 Å². The van der Waals surface area contributed by atoms with Gasteiger partial charge >= 0.3 is 6.18 Å². The number of alkyl halides is 3. The molecule has 0 radical (unpaired) electrons. The maximum absolute atomic E-state index is 14.6. The molecule has 2 aromatic carbocycles. The Labute approximate surface area is 238 Å². The van der Waals surface area contributed by atoms with Gasteiger partial charge in [0.2, 0.25) is 5.60 Å². The fourth-order valence-electron chi connectivity index (χ4n) is 4.60. The fraction of sp³-hybridized carbons (Fsp3) is 0.379. The Morgan fingerprint density at radius 2 is 1.88 bits per heavy atom. The third-order valence-electron chi connectivity index (χ3n) is 7.16. The molecule has 224 valence electrons. The highest BCUT2D eigenvalue weighted by molar-refractivity contribution is 5.95. The van der Waals surface area contributed by atoms with Crippen LogP contribution in [0.1, 0.15) is 41.4 Å². The van der Waals surface area contributed by atoms with Gasteiger partial charge in [0.25, 0.3) is 5.91 Å². The number of aliphatic hydroxyl groups excluding tert-OH is 1. The molecule has 0 bridgehead atoms. The van der Waals surface area contributed by atoms with Crippen molar-refractivity contribution in [3.8, 4) is 22.8 Å². The monoisotopic (exact) mass is 590 g/mol. The van der Waals surface area contributed by atoms with Crippen molar-refractivity contribution in [2.24, 2.45) is 5.73 Å². The van der Waals surface area contributed by atoms with Crippen molar-refractivity contribution < 1.29 is 42.0 Å². The highest BCUT2D eigenvalue weighted by atomic mass is 19.4. The van der Waals surface area contributed by atoms with Gasteiger partial charge in [0.15, 0.2) is 11.5 Å². The SMILES string of the molecule is C[C@@]1(N)CNc2c1cc([C@](O)(CNC(=O)c1ccc(OCCO)c(OC3CC3)c1)C(F)(F)F)nc2-c1ccc(F)cc1. The lowest BCUT2D eigenvalue weighted by Gasteiger charge is -2.31. The molecule has 3 aromatic rings. The first-order chi connectivity index (χ1) is 19.8. The van der Waals surface area contributed by atoms with E-state index in [0.29, 0.717) is 11.3 Å². The van der Waals surface area contributed by atoms with Gasteiger partial charge in [0.1, 0.15) is 12.4 Å². The number of ether oxygens (including phenoxy) is 2. The van der Waals surface area contributed by atoms with Crippen LogP contribution in [0.15, 0.2) is 48.5 Å². The number of benzene rings is 2. The summed E-state index contributed by atoms with van der Waals surface area (Å²) in [5.74, 6) is -0.967. The molecule has 0 saturated heterocycles. The highest BCUT2D eigenvalue weighted by Gasteiger charge is 2.57. The van der Waals surface area contributed by atoms with E-state index in [4.69, 9.17) is 20.3 Å². The summed E-state index contributed by atoms with van der Waals surface area (Å²) in [6.45, 7) is 0.274. The lowest BCUT2D eigenvalue weighted by molar-refractivity contribution is -0.265. The second-order valence-corrected chi connectivity index (χ2v) is 10.6. The molecule has 1 aliphatic carbocycles. The first-order valence-electron chi connectivity index (χ1n) is 13.3. The average molecular weight is 591 g/mol. The predicted molar refractivity (Wildman–Crippen MR) is 145 cm³/mol. The summed E-state index contributed by atoms with van der Waals surface area (Å²) in [4.78, 5) is 17.2. The number of anilines is 1. The van der Waals surface area contributed by atoms with E-state index in [1.807, 2.05) is 0 Å². The molecule has 13 heteroatoms. The molecular formula is C29H30F4N4O5. The van der Waals surface area contributed by atoms with E-state index in [2.05, 4.69) is 15.6 Å². The third kappa shape index (κ3) is 5.85. The molecule has 5 rings (SSSR count). The number of carbonyl (C=O) groups excluding carboxylic acids is 1. The van der Waals surface area contributed by atoms with Crippen LogP contribution in [0.4, 0.5) is 23.2 Å². The largest absolute Gasteiger partial charge is 0.487 e. The quantitative estimate of drug-likeness (QED) is 0.226. The Morgan fingerprint density at radius 3 is 2.52 bits per heavy atom. The van der Waals surface area contributed by atoms with Crippen LogP contribution in [0.2, 0.25) is 0 Å². The number of carbonyl (C=O) groups is 1. The molecule has 1 amide bonds. The van der Waals surface area contributed by atoms with Crippen LogP contribution < -0.4 is 25.8 Å². The van der Waals surface area contributed by atoms with E-state index in [0.717, 1.165) is 31.0 Å².